The van der Waals surface area contributed by atoms with E-state index in [1.165, 1.54) is 0 Å². The molecule has 0 heterocycles. The number of carbonyl (C=O) groups is 1. The lowest BCUT2D eigenvalue weighted by molar-refractivity contribution is 0.0686. The zero-order valence-corrected chi connectivity index (χ0v) is 12.7. The summed E-state index contributed by atoms with van der Waals surface area (Å²) in [7, 11) is 0. The SMILES string of the molecule is CCCCN(C(=O)c1cccc(Cl)c1N)C(C)CC. The van der Waals surface area contributed by atoms with Crippen molar-refractivity contribution in [1.82, 2.24) is 4.90 Å². The molecule has 1 unspecified atom stereocenters. The van der Waals surface area contributed by atoms with Crippen LogP contribution in [0.25, 0.3) is 0 Å². The summed E-state index contributed by atoms with van der Waals surface area (Å²) in [6, 6.07) is 5.41. The van der Waals surface area contributed by atoms with Gasteiger partial charge < -0.3 is 10.6 Å². The van der Waals surface area contributed by atoms with Crippen LogP contribution in [0.3, 0.4) is 0 Å². The largest absolute Gasteiger partial charge is 0.397 e. The van der Waals surface area contributed by atoms with E-state index in [0.29, 0.717) is 16.3 Å². The predicted molar refractivity (Wildman–Crippen MR) is 81.6 cm³/mol. The van der Waals surface area contributed by atoms with Gasteiger partial charge >= 0.3 is 0 Å². The van der Waals surface area contributed by atoms with Crippen molar-refractivity contribution in [2.75, 3.05) is 12.3 Å². The van der Waals surface area contributed by atoms with Crippen molar-refractivity contribution < 1.29 is 4.79 Å². The zero-order valence-electron chi connectivity index (χ0n) is 11.9. The normalized spacial score (nSPS) is 12.2. The number of nitrogens with two attached hydrogens (primary N) is 1. The third-order valence-corrected chi connectivity index (χ3v) is 3.75. The van der Waals surface area contributed by atoms with Gasteiger partial charge in [0, 0.05) is 12.6 Å². The Morgan fingerprint density at radius 2 is 2.11 bits per heavy atom. The third-order valence-electron chi connectivity index (χ3n) is 3.42. The number of amides is 1. The van der Waals surface area contributed by atoms with Gasteiger partial charge in [-0.3, -0.25) is 4.79 Å². The van der Waals surface area contributed by atoms with E-state index in [9.17, 15) is 4.79 Å². The van der Waals surface area contributed by atoms with Gasteiger partial charge in [0.2, 0.25) is 0 Å². The lowest BCUT2D eigenvalue weighted by Crippen LogP contribution is -2.39. The van der Waals surface area contributed by atoms with Gasteiger partial charge in [0.1, 0.15) is 0 Å². The van der Waals surface area contributed by atoms with Gasteiger partial charge in [0.05, 0.1) is 16.3 Å². The zero-order chi connectivity index (χ0) is 14.4. The maximum atomic E-state index is 12.6. The standard InChI is InChI=1S/C15H23ClN2O/c1-4-6-10-18(11(3)5-2)15(19)12-8-7-9-13(16)14(12)17/h7-9,11H,4-6,10,17H2,1-3H3. The van der Waals surface area contributed by atoms with Gasteiger partial charge in [-0.15, -0.1) is 0 Å². The topological polar surface area (TPSA) is 46.3 Å². The van der Waals surface area contributed by atoms with Gasteiger partial charge in [0.25, 0.3) is 5.91 Å². The number of anilines is 1. The smallest absolute Gasteiger partial charge is 0.256 e. The van der Waals surface area contributed by atoms with Crippen molar-refractivity contribution in [3.63, 3.8) is 0 Å². The van der Waals surface area contributed by atoms with Gasteiger partial charge in [-0.1, -0.05) is 37.9 Å². The van der Waals surface area contributed by atoms with Crippen LogP contribution in [-0.2, 0) is 0 Å². The van der Waals surface area contributed by atoms with Crippen LogP contribution in [0, 0.1) is 0 Å². The highest BCUT2D eigenvalue weighted by atomic mass is 35.5. The molecule has 1 rings (SSSR count). The van der Waals surface area contributed by atoms with Crippen molar-refractivity contribution in [3.8, 4) is 0 Å². The Bertz CT molecular complexity index is 434. The fraction of sp³-hybridized carbons (Fsp3) is 0.533. The third kappa shape index (κ3) is 3.87. The van der Waals surface area contributed by atoms with Crippen molar-refractivity contribution >= 4 is 23.2 Å². The first-order chi connectivity index (χ1) is 9.02. The minimum atomic E-state index is -0.0252. The van der Waals surface area contributed by atoms with E-state index < -0.39 is 0 Å². The second kappa shape index (κ2) is 7.39. The average molecular weight is 283 g/mol. The molecule has 0 aliphatic rings. The average Bonchev–Trinajstić information content (AvgIpc) is 2.41. The summed E-state index contributed by atoms with van der Waals surface area (Å²) in [4.78, 5) is 14.5. The first kappa shape index (κ1) is 15.8. The quantitative estimate of drug-likeness (QED) is 0.803. The first-order valence-electron chi connectivity index (χ1n) is 6.87. The Balaban J connectivity index is 3.01. The number of hydrogen-bond donors (Lipinski definition) is 1. The molecule has 0 aliphatic carbocycles. The number of benzene rings is 1. The van der Waals surface area contributed by atoms with E-state index in [1.807, 2.05) is 4.90 Å². The van der Waals surface area contributed by atoms with Crippen LogP contribution in [-0.4, -0.2) is 23.4 Å². The molecule has 4 heteroatoms. The van der Waals surface area contributed by atoms with Gasteiger partial charge in [0.15, 0.2) is 0 Å². The maximum Gasteiger partial charge on any atom is 0.256 e. The van der Waals surface area contributed by atoms with Gasteiger partial charge in [-0.25, -0.2) is 0 Å². The lowest BCUT2D eigenvalue weighted by atomic mass is 10.1. The van der Waals surface area contributed by atoms with Crippen molar-refractivity contribution in [2.45, 2.75) is 46.1 Å². The fourth-order valence-corrected chi connectivity index (χ4v) is 2.12. The number of rotatable bonds is 6. The van der Waals surface area contributed by atoms with Crippen LogP contribution in [0.1, 0.15) is 50.4 Å². The molecule has 0 fully saturated rings. The molecule has 0 saturated carbocycles. The van der Waals surface area contributed by atoms with E-state index in [2.05, 4.69) is 20.8 Å². The molecule has 3 nitrogen and oxygen atoms in total. The van der Waals surface area contributed by atoms with Crippen LogP contribution in [0.15, 0.2) is 18.2 Å². The molecule has 1 aromatic rings. The summed E-state index contributed by atoms with van der Waals surface area (Å²) < 4.78 is 0. The number of nitrogens with zero attached hydrogens (tertiary/aromatic N) is 1. The van der Waals surface area contributed by atoms with E-state index >= 15 is 0 Å². The molecule has 0 saturated heterocycles. The van der Waals surface area contributed by atoms with Crippen LogP contribution >= 0.6 is 11.6 Å². The van der Waals surface area contributed by atoms with E-state index in [0.717, 1.165) is 25.8 Å². The highest BCUT2D eigenvalue weighted by Gasteiger charge is 2.22. The molecule has 0 radical (unpaired) electrons. The minimum absolute atomic E-state index is 0.0252. The Morgan fingerprint density at radius 3 is 2.68 bits per heavy atom. The summed E-state index contributed by atoms with van der Waals surface area (Å²) in [6.45, 7) is 7.02. The van der Waals surface area contributed by atoms with Gasteiger partial charge in [-0.2, -0.15) is 0 Å². The molecule has 1 amide bonds. The second-order valence-corrected chi connectivity index (χ2v) is 5.22. The summed E-state index contributed by atoms with van der Waals surface area (Å²) in [5.41, 5.74) is 6.79. The summed E-state index contributed by atoms with van der Waals surface area (Å²) in [5.74, 6) is -0.0252. The number of carbonyl (C=O) groups excluding carboxylic acids is 1. The highest BCUT2D eigenvalue weighted by Crippen LogP contribution is 2.24. The first-order valence-corrected chi connectivity index (χ1v) is 7.25. The van der Waals surface area contributed by atoms with Crippen molar-refractivity contribution in [2.24, 2.45) is 0 Å². The maximum absolute atomic E-state index is 12.6. The van der Waals surface area contributed by atoms with E-state index in [-0.39, 0.29) is 11.9 Å². The van der Waals surface area contributed by atoms with E-state index in [1.54, 1.807) is 18.2 Å². The monoisotopic (exact) mass is 282 g/mol. The van der Waals surface area contributed by atoms with Crippen molar-refractivity contribution in [3.05, 3.63) is 28.8 Å². The summed E-state index contributed by atoms with van der Waals surface area (Å²) in [5, 5.41) is 0.436. The predicted octanol–water partition coefficient (Wildman–Crippen LogP) is 3.96. The molecular weight excluding hydrogens is 260 g/mol. The van der Waals surface area contributed by atoms with Crippen LogP contribution in [0.2, 0.25) is 5.02 Å². The number of hydrogen-bond acceptors (Lipinski definition) is 2. The molecule has 0 aromatic heterocycles. The highest BCUT2D eigenvalue weighted by molar-refractivity contribution is 6.33. The molecule has 106 valence electrons. The Hall–Kier alpha value is -1.22. The van der Waals surface area contributed by atoms with Gasteiger partial charge in [-0.05, 0) is 31.9 Å². The molecule has 1 aromatic carbocycles. The molecule has 1 atom stereocenters. The Morgan fingerprint density at radius 1 is 1.42 bits per heavy atom. The summed E-state index contributed by atoms with van der Waals surface area (Å²) in [6.07, 6.45) is 2.98. The second-order valence-electron chi connectivity index (χ2n) is 4.81. The molecule has 0 bridgehead atoms. The van der Waals surface area contributed by atoms with Crippen LogP contribution < -0.4 is 5.73 Å². The number of halogens is 1. The number of nitrogen functional groups attached to an aromatic ring is 1. The van der Waals surface area contributed by atoms with Crippen LogP contribution in [0.5, 0.6) is 0 Å². The lowest BCUT2D eigenvalue weighted by Gasteiger charge is -2.29. The Labute approximate surface area is 120 Å². The minimum Gasteiger partial charge on any atom is -0.397 e. The molecule has 2 N–H and O–H groups in total. The Kier molecular flexibility index (Phi) is 6.16. The summed E-state index contributed by atoms with van der Waals surface area (Å²) >= 11 is 5.98. The van der Waals surface area contributed by atoms with Crippen molar-refractivity contribution in [1.29, 1.82) is 0 Å². The fourth-order valence-electron chi connectivity index (χ4n) is 1.95. The molecule has 0 spiro atoms. The molecular formula is C15H23ClN2O. The molecule has 0 aliphatic heterocycles. The van der Waals surface area contributed by atoms with E-state index in [4.69, 9.17) is 17.3 Å². The number of para-hydroxylation sites is 1. The number of unbranched alkanes of at least 4 members (excludes halogenated alkanes) is 1. The van der Waals surface area contributed by atoms with Crippen LogP contribution in [0.4, 0.5) is 5.69 Å². The molecule has 19 heavy (non-hydrogen) atoms.